The molecule has 31 heavy (non-hydrogen) atoms. The number of anilines is 1. The van der Waals surface area contributed by atoms with E-state index < -0.39 is 5.54 Å². The number of benzene rings is 1. The second-order valence-corrected chi connectivity index (χ2v) is 7.95. The van der Waals surface area contributed by atoms with Gasteiger partial charge in [0.15, 0.2) is 0 Å². The Morgan fingerprint density at radius 2 is 1.97 bits per heavy atom. The van der Waals surface area contributed by atoms with Crippen molar-refractivity contribution >= 4 is 23.5 Å². The minimum atomic E-state index is -0.511. The van der Waals surface area contributed by atoms with Crippen molar-refractivity contribution in [3.8, 4) is 0 Å². The summed E-state index contributed by atoms with van der Waals surface area (Å²) in [7, 11) is 1.39. The van der Waals surface area contributed by atoms with Gasteiger partial charge in [-0.2, -0.15) is 0 Å². The third-order valence-corrected chi connectivity index (χ3v) is 5.80. The third-order valence-electron chi connectivity index (χ3n) is 5.80. The maximum Gasteiger partial charge on any atom is 0.310 e. The molecule has 0 saturated heterocycles. The lowest BCUT2D eigenvalue weighted by atomic mass is 9.74. The van der Waals surface area contributed by atoms with E-state index in [1.165, 1.54) is 7.11 Å². The predicted molar refractivity (Wildman–Crippen MR) is 115 cm³/mol. The molecule has 2 atom stereocenters. The molecule has 3 rings (SSSR count). The lowest BCUT2D eigenvalue weighted by Crippen LogP contribution is -2.55. The maximum atomic E-state index is 12.6. The van der Waals surface area contributed by atoms with Crippen LogP contribution in [0.2, 0.25) is 0 Å². The van der Waals surface area contributed by atoms with Gasteiger partial charge in [0.25, 0.3) is 5.91 Å². The number of carbonyl (C=O) groups excluding carboxylic acids is 3. The predicted octanol–water partition coefficient (Wildman–Crippen LogP) is 2.86. The van der Waals surface area contributed by atoms with Gasteiger partial charge in [0.2, 0.25) is 5.91 Å². The zero-order valence-corrected chi connectivity index (χ0v) is 17.9. The number of methoxy groups -OCH3 is 1. The molecule has 0 bridgehead atoms. The summed E-state index contributed by atoms with van der Waals surface area (Å²) >= 11 is 0. The van der Waals surface area contributed by atoms with Crippen LogP contribution < -0.4 is 16.0 Å². The molecule has 1 aliphatic carbocycles. The van der Waals surface area contributed by atoms with Crippen molar-refractivity contribution in [2.24, 2.45) is 5.92 Å². The summed E-state index contributed by atoms with van der Waals surface area (Å²) in [6.07, 6.45) is 5.00. The van der Waals surface area contributed by atoms with Gasteiger partial charge in [0.05, 0.1) is 43.6 Å². The average Bonchev–Trinajstić information content (AvgIpc) is 3.30. The van der Waals surface area contributed by atoms with Crippen molar-refractivity contribution in [2.75, 3.05) is 19.0 Å². The molecule has 0 aliphatic heterocycles. The molecule has 1 aromatic carbocycles. The van der Waals surface area contributed by atoms with E-state index in [9.17, 15) is 14.4 Å². The van der Waals surface area contributed by atoms with Crippen LogP contribution in [0.1, 0.15) is 48.7 Å². The van der Waals surface area contributed by atoms with Crippen LogP contribution in [0.5, 0.6) is 0 Å². The Kier molecular flexibility index (Phi) is 7.46. The van der Waals surface area contributed by atoms with Gasteiger partial charge >= 0.3 is 5.97 Å². The van der Waals surface area contributed by atoms with E-state index in [-0.39, 0.29) is 36.8 Å². The highest BCUT2D eigenvalue weighted by Crippen LogP contribution is 2.34. The van der Waals surface area contributed by atoms with E-state index in [2.05, 4.69) is 16.0 Å². The highest BCUT2D eigenvalue weighted by atomic mass is 16.5. The topological polar surface area (TPSA) is 110 Å². The van der Waals surface area contributed by atoms with E-state index in [1.807, 2.05) is 6.92 Å². The number of para-hydroxylation sites is 1. The number of carbonyl (C=O) groups is 3. The molecule has 2 aromatic rings. The van der Waals surface area contributed by atoms with Crippen LogP contribution in [-0.2, 0) is 20.9 Å². The number of hydrogen-bond donors (Lipinski definition) is 3. The summed E-state index contributed by atoms with van der Waals surface area (Å²) in [6.45, 7) is 2.23. The first kappa shape index (κ1) is 22.6. The fourth-order valence-corrected chi connectivity index (χ4v) is 4.01. The van der Waals surface area contributed by atoms with Crippen molar-refractivity contribution in [3.63, 3.8) is 0 Å². The molecule has 1 fully saturated rings. The van der Waals surface area contributed by atoms with Crippen molar-refractivity contribution in [3.05, 3.63) is 54.0 Å². The molecule has 0 spiro atoms. The minimum Gasteiger partial charge on any atom is -0.469 e. The quantitative estimate of drug-likeness (QED) is 0.559. The molecule has 1 aliphatic rings. The molecule has 0 radical (unpaired) electrons. The maximum absolute atomic E-state index is 12.6. The number of furan rings is 1. The van der Waals surface area contributed by atoms with Gasteiger partial charge in [-0.3, -0.25) is 14.4 Å². The Labute approximate surface area is 181 Å². The number of hydrogen-bond acceptors (Lipinski definition) is 6. The molecule has 2 amide bonds. The molecular formula is C23H29N3O5. The van der Waals surface area contributed by atoms with Crippen LogP contribution in [-0.4, -0.2) is 37.0 Å². The standard InChI is InChI=1S/C23H29N3O5/c1-23(12-6-5-10-18(23)22(29)30-2)25-15-20(27)26-19-11-4-3-9-17(19)21(28)24-14-16-8-7-13-31-16/h3-4,7-9,11,13,18,25H,5-6,10,12,14-15H2,1-2H3,(H,24,28)(H,26,27)/t18-,23+/m0/s1. The smallest absolute Gasteiger partial charge is 0.310 e. The fraction of sp³-hybridized carbons (Fsp3) is 0.435. The summed E-state index contributed by atoms with van der Waals surface area (Å²) in [4.78, 5) is 37.4. The summed E-state index contributed by atoms with van der Waals surface area (Å²) in [5.74, 6) is -0.515. The first-order valence-corrected chi connectivity index (χ1v) is 10.5. The summed E-state index contributed by atoms with van der Waals surface area (Å²) in [5.41, 5.74) is 0.270. The average molecular weight is 428 g/mol. The van der Waals surface area contributed by atoms with Crippen molar-refractivity contribution in [1.29, 1.82) is 0 Å². The number of ether oxygens (including phenoxy) is 1. The lowest BCUT2D eigenvalue weighted by Gasteiger charge is -2.40. The summed E-state index contributed by atoms with van der Waals surface area (Å²) in [6, 6.07) is 10.3. The van der Waals surface area contributed by atoms with E-state index in [0.29, 0.717) is 17.0 Å². The zero-order valence-electron chi connectivity index (χ0n) is 17.9. The normalized spacial score (nSPS) is 20.6. The van der Waals surface area contributed by atoms with E-state index in [1.54, 1.807) is 42.7 Å². The number of amides is 2. The summed E-state index contributed by atoms with van der Waals surface area (Å²) in [5, 5.41) is 8.83. The Hall–Kier alpha value is -3.13. The van der Waals surface area contributed by atoms with Crippen LogP contribution >= 0.6 is 0 Å². The molecule has 8 heteroatoms. The molecule has 166 valence electrons. The summed E-state index contributed by atoms with van der Waals surface area (Å²) < 4.78 is 10.2. The molecule has 1 heterocycles. The molecule has 8 nitrogen and oxygen atoms in total. The van der Waals surface area contributed by atoms with E-state index >= 15 is 0 Å². The second kappa shape index (κ2) is 10.3. The van der Waals surface area contributed by atoms with Gasteiger partial charge in [-0.25, -0.2) is 0 Å². The van der Waals surface area contributed by atoms with Crippen LogP contribution in [0.15, 0.2) is 47.1 Å². The van der Waals surface area contributed by atoms with Gasteiger partial charge in [-0.15, -0.1) is 0 Å². The Morgan fingerprint density at radius 1 is 1.16 bits per heavy atom. The molecule has 1 aromatic heterocycles. The van der Waals surface area contributed by atoms with Crippen LogP contribution in [0.25, 0.3) is 0 Å². The molecule has 0 unspecified atom stereocenters. The van der Waals surface area contributed by atoms with Gasteiger partial charge in [0, 0.05) is 5.54 Å². The molecule has 3 N–H and O–H groups in total. The van der Waals surface area contributed by atoms with Crippen LogP contribution in [0.4, 0.5) is 5.69 Å². The van der Waals surface area contributed by atoms with Gasteiger partial charge in [-0.05, 0) is 44.0 Å². The largest absolute Gasteiger partial charge is 0.469 e. The van der Waals surface area contributed by atoms with Gasteiger partial charge in [0.1, 0.15) is 5.76 Å². The van der Waals surface area contributed by atoms with Gasteiger partial charge < -0.3 is 25.1 Å². The van der Waals surface area contributed by atoms with E-state index in [4.69, 9.17) is 9.15 Å². The third kappa shape index (κ3) is 5.73. The molecular weight excluding hydrogens is 398 g/mol. The number of esters is 1. The zero-order chi connectivity index (χ0) is 22.3. The highest BCUT2D eigenvalue weighted by molar-refractivity contribution is 6.04. The highest BCUT2D eigenvalue weighted by Gasteiger charge is 2.41. The minimum absolute atomic E-state index is 0.0202. The first-order chi connectivity index (χ1) is 14.9. The first-order valence-electron chi connectivity index (χ1n) is 10.5. The Morgan fingerprint density at radius 3 is 2.71 bits per heavy atom. The Bertz CT molecular complexity index is 912. The van der Waals surface area contributed by atoms with Crippen molar-refractivity contribution < 1.29 is 23.5 Å². The van der Waals surface area contributed by atoms with E-state index in [0.717, 1.165) is 25.7 Å². The number of nitrogens with one attached hydrogen (secondary N) is 3. The second-order valence-electron chi connectivity index (χ2n) is 7.95. The van der Waals surface area contributed by atoms with Crippen molar-refractivity contribution in [1.82, 2.24) is 10.6 Å². The van der Waals surface area contributed by atoms with Crippen molar-refractivity contribution in [2.45, 2.75) is 44.7 Å². The number of rotatable bonds is 8. The fourth-order valence-electron chi connectivity index (χ4n) is 4.01. The monoisotopic (exact) mass is 427 g/mol. The van der Waals surface area contributed by atoms with Crippen LogP contribution in [0, 0.1) is 5.92 Å². The molecule has 1 saturated carbocycles. The lowest BCUT2D eigenvalue weighted by molar-refractivity contribution is -0.150. The van der Waals surface area contributed by atoms with Gasteiger partial charge in [-0.1, -0.05) is 25.0 Å². The SMILES string of the molecule is COC(=O)[C@@H]1CCCC[C@@]1(C)NCC(=O)Nc1ccccc1C(=O)NCc1ccco1. The Balaban J connectivity index is 1.60. The van der Waals surface area contributed by atoms with Crippen LogP contribution in [0.3, 0.4) is 0 Å².